The minimum atomic E-state index is -0.0888. The van der Waals surface area contributed by atoms with Gasteiger partial charge in [0.25, 0.3) is 0 Å². The number of aromatic amines is 1. The molecule has 0 amide bonds. The monoisotopic (exact) mass is 235 g/mol. The van der Waals surface area contributed by atoms with Crippen molar-refractivity contribution >= 4 is 0 Å². The summed E-state index contributed by atoms with van der Waals surface area (Å²) >= 11 is 0. The molecule has 0 fully saturated rings. The Balaban J connectivity index is 2.01. The SMILES string of the molecule is CC(NCc1nn[nH]n1)c1ccc(O)cc1O. The van der Waals surface area contributed by atoms with E-state index in [1.54, 1.807) is 6.07 Å². The second-order valence-corrected chi connectivity index (χ2v) is 3.67. The van der Waals surface area contributed by atoms with E-state index in [0.717, 1.165) is 0 Å². The van der Waals surface area contributed by atoms with E-state index in [4.69, 9.17) is 0 Å². The smallest absolute Gasteiger partial charge is 0.188 e. The van der Waals surface area contributed by atoms with E-state index >= 15 is 0 Å². The van der Waals surface area contributed by atoms with Crippen LogP contribution >= 0.6 is 0 Å². The van der Waals surface area contributed by atoms with E-state index in [0.29, 0.717) is 17.9 Å². The van der Waals surface area contributed by atoms with Gasteiger partial charge in [-0.3, -0.25) is 0 Å². The van der Waals surface area contributed by atoms with Crippen LogP contribution in [-0.4, -0.2) is 30.8 Å². The van der Waals surface area contributed by atoms with Crippen LogP contribution in [0.25, 0.3) is 0 Å². The van der Waals surface area contributed by atoms with Gasteiger partial charge in [-0.15, -0.1) is 10.2 Å². The van der Waals surface area contributed by atoms with E-state index in [9.17, 15) is 10.2 Å². The lowest BCUT2D eigenvalue weighted by molar-refractivity contribution is 0.435. The van der Waals surface area contributed by atoms with Crippen molar-refractivity contribution < 1.29 is 10.2 Å². The highest BCUT2D eigenvalue weighted by atomic mass is 16.3. The van der Waals surface area contributed by atoms with E-state index in [-0.39, 0.29) is 17.5 Å². The predicted octanol–water partition coefficient (Wildman–Crippen LogP) is 0.462. The van der Waals surface area contributed by atoms with Crippen LogP contribution in [0.2, 0.25) is 0 Å². The Morgan fingerprint density at radius 2 is 2.24 bits per heavy atom. The van der Waals surface area contributed by atoms with Gasteiger partial charge in [-0.2, -0.15) is 5.21 Å². The Kier molecular flexibility index (Phi) is 3.20. The summed E-state index contributed by atoms with van der Waals surface area (Å²) in [6, 6.07) is 4.41. The van der Waals surface area contributed by atoms with Crippen LogP contribution in [0.3, 0.4) is 0 Å². The first-order chi connectivity index (χ1) is 8.16. The average molecular weight is 235 g/mol. The number of aromatic nitrogens is 4. The van der Waals surface area contributed by atoms with Gasteiger partial charge in [-0.1, -0.05) is 11.3 Å². The van der Waals surface area contributed by atoms with Gasteiger partial charge in [0.15, 0.2) is 5.82 Å². The van der Waals surface area contributed by atoms with Crippen LogP contribution in [0.5, 0.6) is 11.5 Å². The molecule has 4 N–H and O–H groups in total. The molecule has 2 aromatic rings. The van der Waals surface area contributed by atoms with Crippen molar-refractivity contribution in [3.8, 4) is 11.5 Å². The van der Waals surface area contributed by atoms with Gasteiger partial charge in [-0.25, -0.2) is 0 Å². The zero-order valence-electron chi connectivity index (χ0n) is 9.25. The molecular weight excluding hydrogens is 222 g/mol. The molecule has 7 heteroatoms. The molecule has 1 unspecified atom stereocenters. The van der Waals surface area contributed by atoms with Gasteiger partial charge in [0.05, 0.1) is 6.54 Å². The summed E-state index contributed by atoms with van der Waals surface area (Å²) in [5.41, 5.74) is 0.700. The molecule has 1 heterocycles. The maximum atomic E-state index is 9.67. The van der Waals surface area contributed by atoms with Crippen LogP contribution in [0, 0.1) is 0 Å². The fraction of sp³-hybridized carbons (Fsp3) is 0.300. The Hall–Kier alpha value is -2.15. The van der Waals surface area contributed by atoms with Crippen molar-refractivity contribution in [3.05, 3.63) is 29.6 Å². The van der Waals surface area contributed by atoms with Crippen LogP contribution in [-0.2, 0) is 6.54 Å². The van der Waals surface area contributed by atoms with Crippen molar-refractivity contribution in [3.63, 3.8) is 0 Å². The lowest BCUT2D eigenvalue weighted by Crippen LogP contribution is -2.19. The minimum absolute atomic E-state index is 0.0385. The van der Waals surface area contributed by atoms with Gasteiger partial charge in [0.1, 0.15) is 11.5 Å². The van der Waals surface area contributed by atoms with Gasteiger partial charge >= 0.3 is 0 Å². The topological polar surface area (TPSA) is 107 Å². The van der Waals surface area contributed by atoms with Gasteiger partial charge in [0.2, 0.25) is 0 Å². The number of tetrazole rings is 1. The highest BCUT2D eigenvalue weighted by molar-refractivity contribution is 5.40. The summed E-state index contributed by atoms with van der Waals surface area (Å²) in [5, 5.41) is 35.4. The van der Waals surface area contributed by atoms with Crippen molar-refractivity contribution in [1.29, 1.82) is 0 Å². The largest absolute Gasteiger partial charge is 0.508 e. The molecule has 2 rings (SSSR count). The third-order valence-corrected chi connectivity index (χ3v) is 2.44. The van der Waals surface area contributed by atoms with Crippen LogP contribution < -0.4 is 5.32 Å². The third kappa shape index (κ3) is 2.70. The van der Waals surface area contributed by atoms with Crippen molar-refractivity contribution in [1.82, 2.24) is 25.9 Å². The molecule has 0 saturated heterocycles. The fourth-order valence-electron chi connectivity index (χ4n) is 1.51. The lowest BCUT2D eigenvalue weighted by atomic mass is 10.1. The molecule has 1 atom stereocenters. The number of rotatable bonds is 4. The van der Waals surface area contributed by atoms with E-state index in [2.05, 4.69) is 25.9 Å². The summed E-state index contributed by atoms with van der Waals surface area (Å²) in [6.45, 7) is 2.34. The first-order valence-corrected chi connectivity index (χ1v) is 5.14. The zero-order chi connectivity index (χ0) is 12.3. The van der Waals surface area contributed by atoms with Crippen molar-refractivity contribution in [2.45, 2.75) is 19.5 Å². The number of hydrogen-bond acceptors (Lipinski definition) is 6. The molecule has 0 aliphatic rings. The fourth-order valence-corrected chi connectivity index (χ4v) is 1.51. The Morgan fingerprint density at radius 3 is 2.88 bits per heavy atom. The quantitative estimate of drug-likeness (QED) is 0.613. The number of H-pyrrole nitrogens is 1. The number of benzene rings is 1. The molecule has 1 aromatic carbocycles. The summed E-state index contributed by atoms with van der Waals surface area (Å²) in [7, 11) is 0. The van der Waals surface area contributed by atoms with E-state index < -0.39 is 0 Å². The lowest BCUT2D eigenvalue weighted by Gasteiger charge is -2.14. The first-order valence-electron chi connectivity index (χ1n) is 5.14. The summed E-state index contributed by atoms with van der Waals surface area (Å²) < 4.78 is 0. The molecule has 0 aliphatic heterocycles. The third-order valence-electron chi connectivity index (χ3n) is 2.44. The summed E-state index contributed by atoms with van der Waals surface area (Å²) in [4.78, 5) is 0. The molecular formula is C10H13N5O2. The number of phenolic OH excluding ortho intramolecular Hbond substituents is 2. The molecule has 1 aromatic heterocycles. The molecule has 0 spiro atoms. The van der Waals surface area contributed by atoms with Crippen LogP contribution in [0.15, 0.2) is 18.2 Å². The Labute approximate surface area is 97.5 Å². The van der Waals surface area contributed by atoms with Gasteiger partial charge < -0.3 is 15.5 Å². The maximum absolute atomic E-state index is 9.67. The summed E-state index contributed by atoms with van der Waals surface area (Å²) in [5.74, 6) is 0.643. The summed E-state index contributed by atoms with van der Waals surface area (Å²) in [6.07, 6.45) is 0. The normalized spacial score (nSPS) is 12.5. The first kappa shape index (κ1) is 11.3. The number of nitrogens with one attached hydrogen (secondary N) is 2. The van der Waals surface area contributed by atoms with Crippen molar-refractivity contribution in [2.75, 3.05) is 0 Å². The molecule has 0 bridgehead atoms. The Morgan fingerprint density at radius 1 is 1.41 bits per heavy atom. The molecule has 0 radical (unpaired) electrons. The molecule has 17 heavy (non-hydrogen) atoms. The number of phenols is 2. The predicted molar refractivity (Wildman–Crippen MR) is 59.2 cm³/mol. The zero-order valence-corrected chi connectivity index (χ0v) is 9.25. The molecule has 90 valence electrons. The van der Waals surface area contributed by atoms with Crippen molar-refractivity contribution in [2.24, 2.45) is 0 Å². The van der Waals surface area contributed by atoms with Crippen LogP contribution in [0.4, 0.5) is 0 Å². The number of hydrogen-bond donors (Lipinski definition) is 4. The molecule has 0 saturated carbocycles. The van der Waals surface area contributed by atoms with Crippen LogP contribution in [0.1, 0.15) is 24.4 Å². The second kappa shape index (κ2) is 4.79. The standard InChI is InChI=1S/C10H13N5O2/c1-6(11-5-10-12-14-15-13-10)8-3-2-7(16)4-9(8)17/h2-4,6,11,16-17H,5H2,1H3,(H,12,13,14,15). The van der Waals surface area contributed by atoms with Gasteiger partial charge in [-0.05, 0) is 13.0 Å². The Bertz CT molecular complexity index is 485. The molecule has 0 aliphatic carbocycles. The average Bonchev–Trinajstić information content (AvgIpc) is 2.78. The van der Waals surface area contributed by atoms with E-state index in [1.165, 1.54) is 12.1 Å². The number of nitrogens with zero attached hydrogens (tertiary/aromatic N) is 3. The highest BCUT2D eigenvalue weighted by Crippen LogP contribution is 2.27. The second-order valence-electron chi connectivity index (χ2n) is 3.67. The minimum Gasteiger partial charge on any atom is -0.508 e. The maximum Gasteiger partial charge on any atom is 0.188 e. The molecule has 7 nitrogen and oxygen atoms in total. The number of aromatic hydroxyl groups is 2. The van der Waals surface area contributed by atoms with E-state index in [1.807, 2.05) is 6.92 Å². The van der Waals surface area contributed by atoms with Gasteiger partial charge in [0, 0.05) is 17.7 Å². The highest BCUT2D eigenvalue weighted by Gasteiger charge is 2.11.